The van der Waals surface area contributed by atoms with Crippen LogP contribution in [0.2, 0.25) is 0 Å². The number of hydrogen-bond acceptors (Lipinski definition) is 2. The number of anilines is 1. The summed E-state index contributed by atoms with van der Waals surface area (Å²) in [5.41, 5.74) is 0.876. The normalized spacial score (nSPS) is 11.0. The minimum atomic E-state index is -4.96. The molecule has 0 radical (unpaired) electrons. The second kappa shape index (κ2) is 7.78. The summed E-state index contributed by atoms with van der Waals surface area (Å²) >= 11 is 0. The van der Waals surface area contributed by atoms with Gasteiger partial charge in [-0.05, 0) is 29.3 Å². The van der Waals surface area contributed by atoms with Gasteiger partial charge in [-0.1, -0.05) is 30.3 Å². The van der Waals surface area contributed by atoms with Crippen molar-refractivity contribution >= 4 is 17.5 Å². The molecule has 0 aromatic heterocycles. The fourth-order valence-electron chi connectivity index (χ4n) is 1.99. The minimum Gasteiger partial charge on any atom is -0.352 e. The molecule has 0 atom stereocenters. The van der Waals surface area contributed by atoms with E-state index in [2.05, 4.69) is 5.32 Å². The molecule has 0 spiro atoms. The number of nitrogens with one attached hydrogen (secondary N) is 2. The van der Waals surface area contributed by atoms with Crippen molar-refractivity contribution in [3.05, 3.63) is 65.5 Å². The van der Waals surface area contributed by atoms with Gasteiger partial charge < -0.3 is 10.6 Å². The van der Waals surface area contributed by atoms with Crippen LogP contribution >= 0.6 is 0 Å². The van der Waals surface area contributed by atoms with Crippen LogP contribution in [0.4, 0.5) is 23.2 Å². The van der Waals surface area contributed by atoms with Gasteiger partial charge in [0.2, 0.25) is 5.91 Å². The lowest BCUT2D eigenvalue weighted by Gasteiger charge is -2.09. The van der Waals surface area contributed by atoms with Crippen LogP contribution in [0.3, 0.4) is 0 Å². The molecule has 2 amide bonds. The third kappa shape index (κ3) is 5.59. The number of amides is 2. The van der Waals surface area contributed by atoms with Crippen LogP contribution in [-0.4, -0.2) is 18.0 Å². The fraction of sp³-hybridized carbons (Fsp3) is 0.176. The zero-order valence-corrected chi connectivity index (χ0v) is 12.9. The van der Waals surface area contributed by atoms with E-state index in [-0.39, 0.29) is 30.1 Å². The highest BCUT2D eigenvalue weighted by Gasteiger charge is 2.38. The number of carbonyl (C=O) groups excluding carboxylic acids is 2. The number of alkyl halides is 3. The van der Waals surface area contributed by atoms with E-state index in [0.717, 1.165) is 0 Å². The van der Waals surface area contributed by atoms with Crippen molar-refractivity contribution in [3.63, 3.8) is 0 Å². The maximum absolute atomic E-state index is 13.5. The minimum absolute atomic E-state index is 0.0104. The van der Waals surface area contributed by atoms with Crippen LogP contribution in [0.1, 0.15) is 11.1 Å². The molecule has 0 aliphatic rings. The largest absolute Gasteiger partial charge is 0.471 e. The summed E-state index contributed by atoms with van der Waals surface area (Å²) < 4.78 is 49.9. The number of hydrogen-bond donors (Lipinski definition) is 2. The second-order valence-electron chi connectivity index (χ2n) is 5.19. The van der Waals surface area contributed by atoms with Crippen molar-refractivity contribution in [1.82, 2.24) is 5.32 Å². The van der Waals surface area contributed by atoms with E-state index in [1.165, 1.54) is 42.5 Å². The zero-order valence-electron chi connectivity index (χ0n) is 12.9. The Hall–Kier alpha value is -2.90. The molecule has 0 aliphatic carbocycles. The van der Waals surface area contributed by atoms with Crippen LogP contribution < -0.4 is 10.6 Å². The molecule has 2 N–H and O–H groups in total. The van der Waals surface area contributed by atoms with Gasteiger partial charge in [0.05, 0.1) is 6.42 Å². The molecule has 0 saturated heterocycles. The first kappa shape index (κ1) is 18.4. The Balaban J connectivity index is 1.86. The van der Waals surface area contributed by atoms with Crippen LogP contribution in [0.25, 0.3) is 0 Å². The molecule has 132 valence electrons. The zero-order chi connectivity index (χ0) is 18.4. The maximum atomic E-state index is 13.5. The number of benzene rings is 2. The smallest absolute Gasteiger partial charge is 0.352 e. The average Bonchev–Trinajstić information content (AvgIpc) is 2.55. The van der Waals surface area contributed by atoms with E-state index < -0.39 is 17.9 Å². The van der Waals surface area contributed by atoms with Crippen molar-refractivity contribution in [2.75, 3.05) is 5.32 Å². The summed E-state index contributed by atoms with van der Waals surface area (Å²) in [7, 11) is 0. The predicted octanol–water partition coefficient (Wildman–Crippen LogP) is 3.19. The Morgan fingerprint density at radius 3 is 2.20 bits per heavy atom. The average molecular weight is 354 g/mol. The molecule has 0 fully saturated rings. The summed E-state index contributed by atoms with van der Waals surface area (Å²) in [5, 5.41) is 4.31. The van der Waals surface area contributed by atoms with Crippen LogP contribution in [0.15, 0.2) is 48.5 Å². The van der Waals surface area contributed by atoms with E-state index in [4.69, 9.17) is 0 Å². The first-order chi connectivity index (χ1) is 11.8. The fourth-order valence-corrected chi connectivity index (χ4v) is 1.99. The topological polar surface area (TPSA) is 58.2 Å². The van der Waals surface area contributed by atoms with Crippen molar-refractivity contribution < 1.29 is 27.2 Å². The molecule has 2 aromatic rings. The predicted molar refractivity (Wildman–Crippen MR) is 83.1 cm³/mol. The Kier molecular flexibility index (Phi) is 5.74. The van der Waals surface area contributed by atoms with E-state index in [9.17, 15) is 27.2 Å². The Morgan fingerprint density at radius 1 is 0.960 bits per heavy atom. The first-order valence-corrected chi connectivity index (χ1v) is 7.23. The number of carbonyl (C=O) groups is 2. The summed E-state index contributed by atoms with van der Waals surface area (Å²) in [5.74, 6) is -2.92. The highest BCUT2D eigenvalue weighted by Crippen LogP contribution is 2.18. The quantitative estimate of drug-likeness (QED) is 0.811. The van der Waals surface area contributed by atoms with Gasteiger partial charge >= 0.3 is 12.1 Å². The molecular weight excluding hydrogens is 340 g/mol. The highest BCUT2D eigenvalue weighted by atomic mass is 19.4. The van der Waals surface area contributed by atoms with Crippen LogP contribution in [0, 0.1) is 5.82 Å². The molecule has 0 heterocycles. The van der Waals surface area contributed by atoms with Gasteiger partial charge in [-0.25, -0.2) is 4.39 Å². The molecule has 8 heteroatoms. The molecular formula is C17H14F4N2O2. The van der Waals surface area contributed by atoms with E-state index in [1.807, 2.05) is 0 Å². The summed E-state index contributed by atoms with van der Waals surface area (Å²) in [6.45, 7) is 0.126. The van der Waals surface area contributed by atoms with Gasteiger partial charge in [0.15, 0.2) is 0 Å². The van der Waals surface area contributed by atoms with Gasteiger partial charge in [-0.3, -0.25) is 9.59 Å². The van der Waals surface area contributed by atoms with Gasteiger partial charge in [0.25, 0.3) is 0 Å². The molecule has 0 unspecified atom stereocenters. The molecule has 4 nitrogen and oxygen atoms in total. The lowest BCUT2D eigenvalue weighted by Crippen LogP contribution is -2.29. The van der Waals surface area contributed by atoms with Crippen molar-refractivity contribution in [2.24, 2.45) is 0 Å². The highest BCUT2D eigenvalue weighted by molar-refractivity contribution is 5.94. The van der Waals surface area contributed by atoms with Crippen molar-refractivity contribution in [1.29, 1.82) is 0 Å². The Morgan fingerprint density at radius 2 is 1.60 bits per heavy atom. The molecule has 2 aromatic carbocycles. The van der Waals surface area contributed by atoms with Gasteiger partial charge in [-0.15, -0.1) is 0 Å². The van der Waals surface area contributed by atoms with Gasteiger partial charge in [-0.2, -0.15) is 13.2 Å². The lowest BCUT2D eigenvalue weighted by atomic mass is 10.1. The van der Waals surface area contributed by atoms with E-state index in [0.29, 0.717) is 5.56 Å². The maximum Gasteiger partial charge on any atom is 0.471 e. The van der Waals surface area contributed by atoms with Crippen molar-refractivity contribution in [3.8, 4) is 0 Å². The van der Waals surface area contributed by atoms with E-state index >= 15 is 0 Å². The third-order valence-electron chi connectivity index (χ3n) is 3.27. The first-order valence-electron chi connectivity index (χ1n) is 7.23. The van der Waals surface area contributed by atoms with Gasteiger partial charge in [0, 0.05) is 12.2 Å². The molecule has 0 aliphatic heterocycles. The lowest BCUT2D eigenvalue weighted by molar-refractivity contribution is -0.167. The number of rotatable bonds is 5. The third-order valence-corrected chi connectivity index (χ3v) is 3.27. The van der Waals surface area contributed by atoms with Crippen LogP contribution in [0.5, 0.6) is 0 Å². The molecule has 25 heavy (non-hydrogen) atoms. The standard InChI is InChI=1S/C17H14F4N2O2/c18-14-4-2-1-3-12(14)9-15(24)22-10-11-5-7-13(8-6-11)23-16(25)17(19,20)21/h1-8H,9-10H2,(H,22,24)(H,23,25). The summed E-state index contributed by atoms with van der Waals surface area (Å²) in [6, 6.07) is 11.4. The monoisotopic (exact) mass is 354 g/mol. The Labute approximate surface area is 140 Å². The molecule has 0 bridgehead atoms. The van der Waals surface area contributed by atoms with Gasteiger partial charge in [0.1, 0.15) is 5.82 Å². The Bertz CT molecular complexity index is 758. The van der Waals surface area contributed by atoms with Crippen molar-refractivity contribution in [2.45, 2.75) is 19.1 Å². The second-order valence-corrected chi connectivity index (χ2v) is 5.19. The van der Waals surface area contributed by atoms with E-state index in [1.54, 1.807) is 11.4 Å². The molecule has 2 rings (SSSR count). The SMILES string of the molecule is O=C(Cc1ccccc1F)NCc1ccc(NC(=O)C(F)(F)F)cc1. The summed E-state index contributed by atoms with van der Waals surface area (Å²) in [6.07, 6.45) is -5.08. The van der Waals surface area contributed by atoms with Crippen LogP contribution in [-0.2, 0) is 22.6 Å². The number of halogens is 4. The summed E-state index contributed by atoms with van der Waals surface area (Å²) in [4.78, 5) is 22.6. The molecule has 0 saturated carbocycles.